The first-order valence-electron chi connectivity index (χ1n) is 4.54. The molecule has 4 nitrogen and oxygen atoms in total. The standard InChI is InChI=1S/C9H15NO3/c1-7(12)8-3-2-4-10(5-8)9(13)6-11/h8,11H,2-6H2,1H3. The van der Waals surface area contributed by atoms with Crippen molar-refractivity contribution in [2.75, 3.05) is 19.7 Å². The molecule has 0 aromatic heterocycles. The molecule has 1 heterocycles. The maximum Gasteiger partial charge on any atom is 0.248 e. The Morgan fingerprint density at radius 1 is 1.54 bits per heavy atom. The summed E-state index contributed by atoms with van der Waals surface area (Å²) in [4.78, 5) is 23.7. The lowest BCUT2D eigenvalue weighted by atomic mass is 9.94. The molecule has 1 saturated heterocycles. The van der Waals surface area contributed by atoms with Gasteiger partial charge in [0.15, 0.2) is 0 Å². The van der Waals surface area contributed by atoms with Gasteiger partial charge in [-0.25, -0.2) is 0 Å². The van der Waals surface area contributed by atoms with Gasteiger partial charge in [0.1, 0.15) is 12.4 Å². The molecule has 1 aliphatic heterocycles. The summed E-state index contributed by atoms with van der Waals surface area (Å²) in [5, 5.41) is 8.64. The van der Waals surface area contributed by atoms with Crippen LogP contribution < -0.4 is 0 Å². The number of amides is 1. The monoisotopic (exact) mass is 185 g/mol. The van der Waals surface area contributed by atoms with Crippen LogP contribution in [0.25, 0.3) is 0 Å². The lowest BCUT2D eigenvalue weighted by Gasteiger charge is -2.30. The van der Waals surface area contributed by atoms with Gasteiger partial charge in [-0.15, -0.1) is 0 Å². The number of aliphatic hydroxyl groups excluding tert-OH is 1. The lowest BCUT2D eigenvalue weighted by Crippen LogP contribution is -2.43. The van der Waals surface area contributed by atoms with Crippen LogP contribution in [0.4, 0.5) is 0 Å². The highest BCUT2D eigenvalue weighted by Gasteiger charge is 2.25. The molecule has 0 aromatic carbocycles. The van der Waals surface area contributed by atoms with Gasteiger partial charge in [-0.3, -0.25) is 9.59 Å². The second-order valence-electron chi connectivity index (χ2n) is 3.45. The van der Waals surface area contributed by atoms with Crippen LogP contribution in [0.15, 0.2) is 0 Å². The number of carbonyl (C=O) groups excluding carboxylic acids is 2. The molecular formula is C9H15NO3. The van der Waals surface area contributed by atoms with Gasteiger partial charge in [-0.1, -0.05) is 0 Å². The number of nitrogens with zero attached hydrogens (tertiary/aromatic N) is 1. The average Bonchev–Trinajstić information content (AvgIpc) is 2.17. The highest BCUT2D eigenvalue weighted by molar-refractivity contribution is 5.81. The zero-order chi connectivity index (χ0) is 9.84. The van der Waals surface area contributed by atoms with Gasteiger partial charge in [0.05, 0.1) is 0 Å². The smallest absolute Gasteiger partial charge is 0.248 e. The van der Waals surface area contributed by atoms with Gasteiger partial charge in [0.25, 0.3) is 0 Å². The van der Waals surface area contributed by atoms with Crippen molar-refractivity contribution >= 4 is 11.7 Å². The van der Waals surface area contributed by atoms with Gasteiger partial charge in [-0.2, -0.15) is 0 Å². The van der Waals surface area contributed by atoms with Crippen LogP contribution in [0.3, 0.4) is 0 Å². The summed E-state index contributed by atoms with van der Waals surface area (Å²) in [6.45, 7) is 2.25. The van der Waals surface area contributed by atoms with Crippen LogP contribution in [-0.4, -0.2) is 41.4 Å². The summed E-state index contributed by atoms with van der Waals surface area (Å²) < 4.78 is 0. The summed E-state index contributed by atoms with van der Waals surface area (Å²) in [6.07, 6.45) is 1.72. The highest BCUT2D eigenvalue weighted by Crippen LogP contribution is 2.16. The minimum atomic E-state index is -0.454. The van der Waals surface area contributed by atoms with E-state index in [9.17, 15) is 9.59 Å². The number of hydrogen-bond acceptors (Lipinski definition) is 3. The van der Waals surface area contributed by atoms with Gasteiger partial charge in [-0.05, 0) is 19.8 Å². The second-order valence-corrected chi connectivity index (χ2v) is 3.45. The van der Waals surface area contributed by atoms with E-state index in [1.807, 2.05) is 0 Å². The molecule has 0 bridgehead atoms. The number of hydrogen-bond donors (Lipinski definition) is 1. The molecule has 74 valence electrons. The molecule has 1 fully saturated rings. The first-order valence-corrected chi connectivity index (χ1v) is 4.54. The number of likely N-dealkylation sites (tertiary alicyclic amines) is 1. The number of carbonyl (C=O) groups is 2. The van der Waals surface area contributed by atoms with E-state index in [1.54, 1.807) is 11.8 Å². The Bertz CT molecular complexity index is 215. The summed E-state index contributed by atoms with van der Waals surface area (Å²) in [6, 6.07) is 0. The number of ketones is 1. The first-order chi connectivity index (χ1) is 6.15. The van der Waals surface area contributed by atoms with E-state index in [2.05, 4.69) is 0 Å². The molecule has 1 atom stereocenters. The summed E-state index contributed by atoms with van der Waals surface area (Å²) in [5.74, 6) is -0.161. The molecule has 1 amide bonds. The fourth-order valence-corrected chi connectivity index (χ4v) is 1.64. The van der Waals surface area contributed by atoms with Crippen molar-refractivity contribution in [3.63, 3.8) is 0 Å². The van der Waals surface area contributed by atoms with Gasteiger partial charge in [0.2, 0.25) is 5.91 Å². The molecule has 0 saturated carbocycles. The summed E-state index contributed by atoms with van der Waals surface area (Å²) in [5.41, 5.74) is 0. The Labute approximate surface area is 77.5 Å². The van der Waals surface area contributed by atoms with Crippen LogP contribution in [0.2, 0.25) is 0 Å². The molecule has 1 unspecified atom stereocenters. The molecule has 13 heavy (non-hydrogen) atoms. The van der Waals surface area contributed by atoms with Crippen molar-refractivity contribution in [3.05, 3.63) is 0 Å². The molecule has 1 rings (SSSR count). The summed E-state index contributed by atoms with van der Waals surface area (Å²) in [7, 11) is 0. The average molecular weight is 185 g/mol. The number of rotatable bonds is 2. The maximum absolute atomic E-state index is 11.1. The highest BCUT2D eigenvalue weighted by atomic mass is 16.3. The molecule has 0 spiro atoms. The predicted octanol–water partition coefficient (Wildman–Crippen LogP) is -0.194. The van der Waals surface area contributed by atoms with Crippen LogP contribution in [-0.2, 0) is 9.59 Å². The van der Waals surface area contributed by atoms with Crippen LogP contribution in [0.5, 0.6) is 0 Å². The number of Topliss-reactive ketones (excluding diaryl/α,β-unsaturated/α-hetero) is 1. The topological polar surface area (TPSA) is 57.6 Å². The third-order valence-corrected chi connectivity index (χ3v) is 2.48. The van der Waals surface area contributed by atoms with E-state index in [0.29, 0.717) is 13.1 Å². The molecule has 0 aliphatic carbocycles. The van der Waals surface area contributed by atoms with E-state index in [0.717, 1.165) is 12.8 Å². The Morgan fingerprint density at radius 3 is 2.77 bits per heavy atom. The zero-order valence-corrected chi connectivity index (χ0v) is 7.82. The van der Waals surface area contributed by atoms with Crippen LogP contribution in [0, 0.1) is 5.92 Å². The van der Waals surface area contributed by atoms with Crippen LogP contribution >= 0.6 is 0 Å². The van der Waals surface area contributed by atoms with Crippen LogP contribution in [0.1, 0.15) is 19.8 Å². The Morgan fingerprint density at radius 2 is 2.23 bits per heavy atom. The molecular weight excluding hydrogens is 170 g/mol. The third kappa shape index (κ3) is 2.52. The van der Waals surface area contributed by atoms with E-state index in [-0.39, 0.29) is 17.6 Å². The van der Waals surface area contributed by atoms with E-state index in [4.69, 9.17) is 5.11 Å². The minimum Gasteiger partial charge on any atom is -0.387 e. The molecule has 0 radical (unpaired) electrons. The van der Waals surface area contributed by atoms with Crippen molar-refractivity contribution in [1.82, 2.24) is 4.90 Å². The van der Waals surface area contributed by atoms with Crippen molar-refractivity contribution in [1.29, 1.82) is 0 Å². The Kier molecular flexibility index (Phi) is 3.42. The maximum atomic E-state index is 11.1. The van der Waals surface area contributed by atoms with Crippen molar-refractivity contribution in [3.8, 4) is 0 Å². The number of aliphatic hydroxyl groups is 1. The fourth-order valence-electron chi connectivity index (χ4n) is 1.64. The SMILES string of the molecule is CC(=O)C1CCCN(C(=O)CO)C1. The minimum absolute atomic E-state index is 0.0238. The fraction of sp³-hybridized carbons (Fsp3) is 0.778. The van der Waals surface area contributed by atoms with Gasteiger partial charge < -0.3 is 10.0 Å². The second kappa shape index (κ2) is 4.37. The quantitative estimate of drug-likeness (QED) is 0.648. The molecule has 1 aliphatic rings. The Balaban J connectivity index is 2.51. The van der Waals surface area contributed by atoms with Gasteiger partial charge in [0, 0.05) is 19.0 Å². The first kappa shape index (κ1) is 10.2. The zero-order valence-electron chi connectivity index (χ0n) is 7.82. The third-order valence-electron chi connectivity index (χ3n) is 2.48. The normalized spacial score (nSPS) is 22.9. The van der Waals surface area contributed by atoms with E-state index in [1.165, 1.54) is 0 Å². The van der Waals surface area contributed by atoms with Gasteiger partial charge >= 0.3 is 0 Å². The van der Waals surface area contributed by atoms with Crippen molar-refractivity contribution in [2.24, 2.45) is 5.92 Å². The van der Waals surface area contributed by atoms with Crippen molar-refractivity contribution < 1.29 is 14.7 Å². The Hall–Kier alpha value is -0.900. The lowest BCUT2D eigenvalue weighted by molar-refractivity contribution is -0.137. The molecule has 0 aromatic rings. The molecule has 4 heteroatoms. The largest absolute Gasteiger partial charge is 0.387 e. The number of piperidine rings is 1. The molecule has 1 N–H and O–H groups in total. The van der Waals surface area contributed by atoms with E-state index < -0.39 is 6.61 Å². The predicted molar refractivity (Wildman–Crippen MR) is 47.1 cm³/mol. The summed E-state index contributed by atoms with van der Waals surface area (Å²) >= 11 is 0. The van der Waals surface area contributed by atoms with Crippen molar-refractivity contribution in [2.45, 2.75) is 19.8 Å². The van der Waals surface area contributed by atoms with E-state index >= 15 is 0 Å².